The number of alkyl halides is 3. The largest absolute Gasteiger partial charge is 0.493 e. The normalized spacial score (nSPS) is 17.0. The summed E-state index contributed by atoms with van der Waals surface area (Å²) in [6.07, 6.45) is -3.26. The van der Waals surface area contributed by atoms with Crippen molar-refractivity contribution in [3.8, 4) is 11.5 Å². The molecule has 0 saturated carbocycles. The number of methoxy groups -OCH3 is 2. The highest BCUT2D eigenvalue weighted by atomic mass is 19.4. The van der Waals surface area contributed by atoms with Gasteiger partial charge < -0.3 is 24.6 Å². The lowest BCUT2D eigenvalue weighted by Gasteiger charge is -2.37. The van der Waals surface area contributed by atoms with Crippen LogP contribution in [0.2, 0.25) is 0 Å². The molecule has 218 valence electrons. The first-order chi connectivity index (χ1) is 19.1. The highest BCUT2D eigenvalue weighted by Crippen LogP contribution is 2.38. The van der Waals surface area contributed by atoms with Crippen LogP contribution in [0.4, 0.5) is 30.2 Å². The van der Waals surface area contributed by atoms with Gasteiger partial charge in [0.2, 0.25) is 5.91 Å². The maximum absolute atomic E-state index is 13.3. The zero-order valence-corrected chi connectivity index (χ0v) is 22.6. The smallest absolute Gasteiger partial charge is 0.423 e. The topological polar surface area (TPSA) is 100 Å². The van der Waals surface area contributed by atoms with Crippen molar-refractivity contribution in [1.29, 1.82) is 0 Å². The van der Waals surface area contributed by atoms with Crippen molar-refractivity contribution in [2.24, 2.45) is 0 Å². The van der Waals surface area contributed by atoms with Gasteiger partial charge in [-0.05, 0) is 37.1 Å². The van der Waals surface area contributed by atoms with E-state index in [2.05, 4.69) is 15.1 Å². The number of carbonyl (C=O) groups is 1. The maximum atomic E-state index is 13.3. The summed E-state index contributed by atoms with van der Waals surface area (Å²) in [4.78, 5) is 29.1. The Balaban J connectivity index is 1.21. The van der Waals surface area contributed by atoms with E-state index in [1.165, 1.54) is 6.07 Å². The molecule has 13 heteroatoms. The Bertz CT molecular complexity index is 1200. The lowest BCUT2D eigenvalue weighted by atomic mass is 10.0. The van der Waals surface area contributed by atoms with E-state index < -0.39 is 22.4 Å². The Hall–Kier alpha value is -3.74. The third-order valence-corrected chi connectivity index (χ3v) is 7.46. The number of carbonyl (C=O) groups excluding carboxylic acids is 1. The number of piperazine rings is 1. The molecule has 4 rings (SSSR count). The van der Waals surface area contributed by atoms with Crippen LogP contribution in [0.25, 0.3) is 0 Å². The molecule has 0 unspecified atom stereocenters. The molecule has 10 nitrogen and oxygen atoms in total. The Labute approximate surface area is 230 Å². The average Bonchev–Trinajstić information content (AvgIpc) is 2.95. The fourth-order valence-corrected chi connectivity index (χ4v) is 5.18. The second kappa shape index (κ2) is 12.6. The third kappa shape index (κ3) is 7.06. The number of ether oxygens (including phenoxy) is 2. The van der Waals surface area contributed by atoms with Crippen molar-refractivity contribution in [2.45, 2.75) is 31.5 Å². The number of benzene rings is 2. The second-order valence-electron chi connectivity index (χ2n) is 9.90. The van der Waals surface area contributed by atoms with E-state index in [9.17, 15) is 28.1 Å². The van der Waals surface area contributed by atoms with Gasteiger partial charge in [0.1, 0.15) is 5.56 Å². The summed E-state index contributed by atoms with van der Waals surface area (Å²) in [7, 11) is 3.22. The van der Waals surface area contributed by atoms with Crippen LogP contribution in [0, 0.1) is 10.1 Å². The van der Waals surface area contributed by atoms with Gasteiger partial charge in [-0.25, -0.2) is 0 Å². The van der Waals surface area contributed by atoms with E-state index in [4.69, 9.17) is 9.47 Å². The molecule has 0 aliphatic carbocycles. The Morgan fingerprint density at radius 3 is 2.27 bits per heavy atom. The molecular weight excluding hydrogens is 531 g/mol. The van der Waals surface area contributed by atoms with Crippen LogP contribution in [-0.2, 0) is 11.0 Å². The number of anilines is 2. The van der Waals surface area contributed by atoms with Crippen molar-refractivity contribution >= 4 is 23.0 Å². The molecule has 2 aliphatic heterocycles. The lowest BCUT2D eigenvalue weighted by Crippen LogP contribution is -2.48. The summed E-state index contributed by atoms with van der Waals surface area (Å²) < 4.78 is 50.5. The van der Waals surface area contributed by atoms with E-state index in [0.717, 1.165) is 44.0 Å². The molecule has 2 aliphatic rings. The summed E-state index contributed by atoms with van der Waals surface area (Å²) in [6.45, 7) is 5.01. The van der Waals surface area contributed by atoms with Crippen LogP contribution >= 0.6 is 0 Å². The summed E-state index contributed by atoms with van der Waals surface area (Å²) in [5.41, 5.74) is -1.01. The Kier molecular flexibility index (Phi) is 9.23. The van der Waals surface area contributed by atoms with E-state index >= 15 is 0 Å². The Morgan fingerprint density at radius 2 is 1.68 bits per heavy atom. The molecule has 0 radical (unpaired) electrons. The molecule has 2 saturated heterocycles. The first-order valence-corrected chi connectivity index (χ1v) is 13.2. The van der Waals surface area contributed by atoms with Gasteiger partial charge in [0.15, 0.2) is 11.5 Å². The maximum Gasteiger partial charge on any atom is 0.423 e. The molecule has 2 fully saturated rings. The first-order valence-electron chi connectivity index (χ1n) is 13.2. The standard InChI is InChI=1S/C27H34F3N5O5/c1-39-24-6-4-21(18-25(24)40-2)33-15-13-32(14-16-33)10-9-26(36)34-11-7-19(8-12-34)31-20-3-5-23(35(37)38)22(17-20)27(28,29)30/h3-6,17-19,31H,7-16H2,1-2H3. The number of hydrogen-bond donors (Lipinski definition) is 1. The summed E-state index contributed by atoms with van der Waals surface area (Å²) >= 11 is 0. The van der Waals surface area contributed by atoms with Crippen molar-refractivity contribution in [3.05, 3.63) is 52.1 Å². The average molecular weight is 566 g/mol. The predicted octanol–water partition coefficient (Wildman–Crippen LogP) is 4.25. The minimum atomic E-state index is -4.83. The fraction of sp³-hybridized carbons (Fsp3) is 0.519. The van der Waals surface area contributed by atoms with Crippen LogP contribution in [0.1, 0.15) is 24.8 Å². The van der Waals surface area contributed by atoms with Crippen LogP contribution < -0.4 is 19.7 Å². The number of likely N-dealkylation sites (tertiary alicyclic amines) is 1. The van der Waals surface area contributed by atoms with Gasteiger partial charge in [-0.15, -0.1) is 0 Å². The van der Waals surface area contributed by atoms with Crippen molar-refractivity contribution in [1.82, 2.24) is 9.80 Å². The van der Waals surface area contributed by atoms with Crippen molar-refractivity contribution in [2.75, 3.05) is 70.2 Å². The SMILES string of the molecule is COc1ccc(N2CCN(CCC(=O)N3CCC(Nc4ccc([N+](=O)[O-])c(C(F)(F)F)c4)CC3)CC2)cc1OC. The lowest BCUT2D eigenvalue weighted by molar-refractivity contribution is -0.388. The van der Waals surface area contributed by atoms with E-state index in [0.29, 0.717) is 50.4 Å². The van der Waals surface area contributed by atoms with E-state index in [-0.39, 0.29) is 17.6 Å². The van der Waals surface area contributed by atoms with Gasteiger partial charge in [0, 0.05) is 81.8 Å². The van der Waals surface area contributed by atoms with Crippen LogP contribution in [0.3, 0.4) is 0 Å². The molecule has 2 heterocycles. The number of hydrogen-bond acceptors (Lipinski definition) is 8. The van der Waals surface area contributed by atoms with Gasteiger partial charge in [0.25, 0.3) is 5.69 Å². The third-order valence-electron chi connectivity index (χ3n) is 7.46. The second-order valence-corrected chi connectivity index (χ2v) is 9.90. The molecular formula is C27H34F3N5O5. The van der Waals surface area contributed by atoms with E-state index in [1.54, 1.807) is 19.1 Å². The van der Waals surface area contributed by atoms with E-state index in [1.807, 2.05) is 18.2 Å². The van der Waals surface area contributed by atoms with Gasteiger partial charge in [-0.2, -0.15) is 13.2 Å². The highest BCUT2D eigenvalue weighted by molar-refractivity contribution is 5.76. The number of nitrogens with zero attached hydrogens (tertiary/aromatic N) is 4. The zero-order chi connectivity index (χ0) is 28.9. The van der Waals surface area contributed by atoms with Gasteiger partial charge >= 0.3 is 6.18 Å². The minimum absolute atomic E-state index is 0.0652. The molecule has 0 atom stereocenters. The molecule has 0 bridgehead atoms. The zero-order valence-electron chi connectivity index (χ0n) is 22.6. The van der Waals surface area contributed by atoms with Crippen molar-refractivity contribution in [3.63, 3.8) is 0 Å². The molecule has 40 heavy (non-hydrogen) atoms. The quantitative estimate of drug-likeness (QED) is 0.356. The Morgan fingerprint density at radius 1 is 1.00 bits per heavy atom. The molecule has 2 aromatic rings. The molecule has 0 aromatic heterocycles. The monoisotopic (exact) mass is 565 g/mol. The molecule has 1 amide bonds. The number of nitro benzene ring substituents is 1. The number of nitrogens with one attached hydrogen (secondary N) is 1. The molecule has 2 aromatic carbocycles. The summed E-state index contributed by atoms with van der Waals surface area (Å²) in [5, 5.41) is 14.0. The number of piperidine rings is 1. The first kappa shape index (κ1) is 29.2. The summed E-state index contributed by atoms with van der Waals surface area (Å²) in [6, 6.07) is 8.68. The summed E-state index contributed by atoms with van der Waals surface area (Å²) in [5.74, 6) is 1.44. The molecule has 1 N–H and O–H groups in total. The van der Waals surface area contributed by atoms with Crippen LogP contribution in [0.5, 0.6) is 11.5 Å². The number of rotatable bonds is 9. The van der Waals surface area contributed by atoms with Crippen molar-refractivity contribution < 1.29 is 32.4 Å². The van der Waals surface area contributed by atoms with Gasteiger partial charge in [-0.3, -0.25) is 19.8 Å². The van der Waals surface area contributed by atoms with Crippen LogP contribution in [-0.4, -0.2) is 86.7 Å². The minimum Gasteiger partial charge on any atom is -0.493 e. The molecule has 0 spiro atoms. The van der Waals surface area contributed by atoms with Gasteiger partial charge in [0.05, 0.1) is 19.1 Å². The highest BCUT2D eigenvalue weighted by Gasteiger charge is 2.38. The number of halogens is 3. The fourth-order valence-electron chi connectivity index (χ4n) is 5.18. The van der Waals surface area contributed by atoms with Crippen LogP contribution in [0.15, 0.2) is 36.4 Å². The number of amides is 1. The van der Waals surface area contributed by atoms with Gasteiger partial charge in [-0.1, -0.05) is 0 Å². The number of nitro groups is 1. The predicted molar refractivity (Wildman–Crippen MR) is 144 cm³/mol.